The number of carbonyl (C=O) groups is 1. The molecule has 0 N–H and O–H groups in total. The smallest absolute Gasteiger partial charge is 0.325 e. The van der Waals surface area contributed by atoms with Gasteiger partial charge in [-0.25, -0.2) is 0 Å². The molecule has 1 aliphatic heterocycles. The van der Waals surface area contributed by atoms with Crippen LogP contribution in [0.25, 0.3) is 0 Å². The fourth-order valence-corrected chi connectivity index (χ4v) is 2.92. The van der Waals surface area contributed by atoms with Crippen molar-refractivity contribution in [1.29, 1.82) is 0 Å². The normalized spacial score (nSPS) is 23.1. The molecule has 0 amide bonds. The Morgan fingerprint density at radius 3 is 2.45 bits per heavy atom. The summed E-state index contributed by atoms with van der Waals surface area (Å²) in [6, 6.07) is 17.7. The fourth-order valence-electron chi connectivity index (χ4n) is 2.79. The van der Waals surface area contributed by atoms with Crippen molar-refractivity contribution in [3.8, 4) is 0 Å². The number of rotatable bonds is 5. The van der Waals surface area contributed by atoms with Gasteiger partial charge in [0.1, 0.15) is 6.04 Å². The molecule has 0 radical (unpaired) electrons. The zero-order valence-electron chi connectivity index (χ0n) is 12.4. The third-order valence-corrected chi connectivity index (χ3v) is 4.12. The number of hydrogen-bond acceptors (Lipinski definition) is 3. The lowest BCUT2D eigenvalue weighted by Crippen LogP contribution is -2.16. The van der Waals surface area contributed by atoms with Gasteiger partial charge in [-0.3, -0.25) is 9.69 Å². The van der Waals surface area contributed by atoms with Gasteiger partial charge in [0.05, 0.1) is 12.6 Å². The van der Waals surface area contributed by atoms with Crippen molar-refractivity contribution in [2.45, 2.75) is 25.6 Å². The Labute approximate surface area is 135 Å². The molecule has 3 nitrogen and oxygen atoms in total. The number of carbonyl (C=O) groups excluding carboxylic acids is 1. The van der Waals surface area contributed by atoms with Gasteiger partial charge in [-0.2, -0.15) is 0 Å². The number of nitrogens with zero attached hydrogens (tertiary/aromatic N) is 1. The lowest BCUT2D eigenvalue weighted by molar-refractivity contribution is -0.143. The van der Waals surface area contributed by atoms with Gasteiger partial charge in [-0.05, 0) is 30.2 Å². The molecule has 0 spiro atoms. The molecule has 2 unspecified atom stereocenters. The summed E-state index contributed by atoms with van der Waals surface area (Å²) in [7, 11) is 0. The van der Waals surface area contributed by atoms with Gasteiger partial charge in [0, 0.05) is 11.6 Å². The number of benzene rings is 2. The highest BCUT2D eigenvalue weighted by Gasteiger charge is 2.54. The molecule has 1 fully saturated rings. The molecule has 0 bridgehead atoms. The van der Waals surface area contributed by atoms with Gasteiger partial charge >= 0.3 is 5.97 Å². The number of halogens is 1. The quantitative estimate of drug-likeness (QED) is 0.620. The molecule has 2 aromatic carbocycles. The van der Waals surface area contributed by atoms with Crippen LogP contribution in [0, 0.1) is 0 Å². The first-order valence-electron chi connectivity index (χ1n) is 7.42. The molecule has 1 heterocycles. The van der Waals surface area contributed by atoms with Crippen LogP contribution in [0.15, 0.2) is 54.6 Å². The van der Waals surface area contributed by atoms with Crippen molar-refractivity contribution in [3.63, 3.8) is 0 Å². The summed E-state index contributed by atoms with van der Waals surface area (Å²) in [5.41, 5.74) is 2.28. The second-order valence-electron chi connectivity index (χ2n) is 5.35. The molecule has 0 saturated carbocycles. The number of esters is 1. The summed E-state index contributed by atoms with van der Waals surface area (Å²) in [5.74, 6) is -0.154. The van der Waals surface area contributed by atoms with E-state index < -0.39 is 0 Å². The zero-order chi connectivity index (χ0) is 15.5. The lowest BCUT2D eigenvalue weighted by atomic mass is 10.1. The average Bonchev–Trinajstić information content (AvgIpc) is 3.23. The van der Waals surface area contributed by atoms with Gasteiger partial charge in [0.2, 0.25) is 0 Å². The number of hydrogen-bond donors (Lipinski definition) is 0. The SMILES string of the molecule is CCOC(=O)[C@H]1C(c2ccc(Cl)cc2)N1Cc1ccccc1. The summed E-state index contributed by atoms with van der Waals surface area (Å²) in [4.78, 5) is 14.3. The fraction of sp³-hybridized carbons (Fsp3) is 0.278. The molecular weight excluding hydrogens is 298 g/mol. The first-order chi connectivity index (χ1) is 10.7. The van der Waals surface area contributed by atoms with Crippen molar-refractivity contribution < 1.29 is 9.53 Å². The first-order valence-corrected chi connectivity index (χ1v) is 7.80. The third kappa shape index (κ3) is 3.16. The maximum absolute atomic E-state index is 12.2. The third-order valence-electron chi connectivity index (χ3n) is 3.87. The van der Waals surface area contributed by atoms with E-state index in [4.69, 9.17) is 16.3 Å². The van der Waals surface area contributed by atoms with E-state index in [1.165, 1.54) is 5.56 Å². The minimum absolute atomic E-state index is 0.0662. The Morgan fingerprint density at radius 1 is 1.14 bits per heavy atom. The summed E-state index contributed by atoms with van der Waals surface area (Å²) in [6.45, 7) is 2.97. The molecule has 2 aromatic rings. The predicted octanol–water partition coefficient (Wildman–Crippen LogP) is 3.83. The molecule has 22 heavy (non-hydrogen) atoms. The highest BCUT2D eigenvalue weighted by Crippen LogP contribution is 2.45. The van der Waals surface area contributed by atoms with Crippen molar-refractivity contribution in [1.82, 2.24) is 4.90 Å². The van der Waals surface area contributed by atoms with E-state index in [-0.39, 0.29) is 18.1 Å². The zero-order valence-corrected chi connectivity index (χ0v) is 13.2. The molecule has 3 rings (SSSR count). The van der Waals surface area contributed by atoms with Crippen LogP contribution in [0.4, 0.5) is 0 Å². The van der Waals surface area contributed by atoms with Gasteiger partial charge in [0.15, 0.2) is 0 Å². The van der Waals surface area contributed by atoms with Crippen LogP contribution in [0.5, 0.6) is 0 Å². The molecule has 114 valence electrons. The molecule has 1 aliphatic rings. The monoisotopic (exact) mass is 315 g/mol. The van der Waals surface area contributed by atoms with Crippen molar-refractivity contribution in [2.75, 3.05) is 6.61 Å². The van der Waals surface area contributed by atoms with E-state index in [2.05, 4.69) is 17.0 Å². The molecule has 4 heteroatoms. The predicted molar refractivity (Wildman–Crippen MR) is 86.6 cm³/mol. The largest absolute Gasteiger partial charge is 0.465 e. The summed E-state index contributed by atoms with van der Waals surface area (Å²) in [5, 5.41) is 0.701. The van der Waals surface area contributed by atoms with E-state index in [1.54, 1.807) is 0 Å². The highest BCUT2D eigenvalue weighted by molar-refractivity contribution is 6.30. The van der Waals surface area contributed by atoms with Gasteiger partial charge in [-0.1, -0.05) is 54.1 Å². The van der Waals surface area contributed by atoms with Gasteiger partial charge in [0.25, 0.3) is 0 Å². The van der Waals surface area contributed by atoms with Crippen LogP contribution in [-0.4, -0.2) is 23.5 Å². The Kier molecular flexibility index (Phi) is 4.46. The van der Waals surface area contributed by atoms with Crippen LogP contribution in [0.1, 0.15) is 24.1 Å². The van der Waals surface area contributed by atoms with E-state index in [9.17, 15) is 4.79 Å². The second-order valence-corrected chi connectivity index (χ2v) is 5.79. The van der Waals surface area contributed by atoms with E-state index in [0.29, 0.717) is 11.6 Å². The Bertz CT molecular complexity index is 642. The highest BCUT2D eigenvalue weighted by atomic mass is 35.5. The minimum Gasteiger partial charge on any atom is -0.465 e. The summed E-state index contributed by atoms with van der Waals surface area (Å²) >= 11 is 5.95. The molecule has 3 atom stereocenters. The van der Waals surface area contributed by atoms with Gasteiger partial charge < -0.3 is 4.74 Å². The van der Waals surface area contributed by atoms with E-state index >= 15 is 0 Å². The van der Waals surface area contributed by atoms with Crippen molar-refractivity contribution in [3.05, 3.63) is 70.7 Å². The van der Waals surface area contributed by atoms with Crippen LogP contribution < -0.4 is 0 Å². The molecular formula is C18H18ClNO2. The molecule has 1 saturated heterocycles. The summed E-state index contributed by atoms with van der Waals surface area (Å²) < 4.78 is 5.20. The standard InChI is InChI=1S/C18H18ClNO2/c1-2-22-18(21)17-16(14-8-10-15(19)11-9-14)20(17)12-13-6-4-3-5-7-13/h3-11,16-17H,2,12H2,1H3/t16?,17-,20?/m1/s1. The second kappa shape index (κ2) is 6.51. The lowest BCUT2D eigenvalue weighted by Gasteiger charge is -2.04. The molecule has 0 aromatic heterocycles. The molecule has 0 aliphatic carbocycles. The topological polar surface area (TPSA) is 29.3 Å². The van der Waals surface area contributed by atoms with Crippen LogP contribution in [-0.2, 0) is 16.1 Å². The van der Waals surface area contributed by atoms with Crippen molar-refractivity contribution in [2.24, 2.45) is 0 Å². The Hall–Kier alpha value is -1.84. The average molecular weight is 316 g/mol. The Morgan fingerprint density at radius 2 is 1.82 bits per heavy atom. The van der Waals surface area contributed by atoms with E-state index in [1.807, 2.05) is 49.4 Å². The van der Waals surface area contributed by atoms with Crippen LogP contribution in [0.2, 0.25) is 5.02 Å². The maximum Gasteiger partial charge on any atom is 0.325 e. The van der Waals surface area contributed by atoms with Crippen LogP contribution in [0.3, 0.4) is 0 Å². The summed E-state index contributed by atoms with van der Waals surface area (Å²) in [6.07, 6.45) is 0. The maximum atomic E-state index is 12.2. The van der Waals surface area contributed by atoms with Crippen molar-refractivity contribution >= 4 is 17.6 Å². The van der Waals surface area contributed by atoms with E-state index in [0.717, 1.165) is 12.1 Å². The van der Waals surface area contributed by atoms with Gasteiger partial charge in [-0.15, -0.1) is 0 Å². The van der Waals surface area contributed by atoms with Crippen LogP contribution >= 0.6 is 11.6 Å². The first kappa shape index (κ1) is 15.1. The minimum atomic E-state index is -0.207. The Balaban J connectivity index is 1.79. The number of ether oxygens (including phenoxy) is 1.